The molecular formula is C19H17N3O4. The highest BCUT2D eigenvalue weighted by Crippen LogP contribution is 2.39. The van der Waals surface area contributed by atoms with Crippen LogP contribution in [0.3, 0.4) is 0 Å². The number of methoxy groups -OCH3 is 1. The molecule has 1 unspecified atom stereocenters. The van der Waals surface area contributed by atoms with E-state index in [2.05, 4.69) is 15.5 Å². The van der Waals surface area contributed by atoms with Crippen LogP contribution in [0.1, 0.15) is 23.5 Å². The Morgan fingerprint density at radius 2 is 2.27 bits per heavy atom. The zero-order valence-electron chi connectivity index (χ0n) is 14.0. The first-order chi connectivity index (χ1) is 12.7. The van der Waals surface area contributed by atoms with E-state index in [0.29, 0.717) is 23.7 Å². The van der Waals surface area contributed by atoms with E-state index in [1.807, 2.05) is 18.2 Å². The smallest absolute Gasteiger partial charge is 0.226 e. The van der Waals surface area contributed by atoms with E-state index in [-0.39, 0.29) is 17.6 Å². The Bertz CT molecular complexity index is 973. The quantitative estimate of drug-likeness (QED) is 0.668. The normalized spacial score (nSPS) is 16.5. The molecule has 26 heavy (non-hydrogen) atoms. The standard InChI is InChI=1S/C19H17N3O4/c1-25-15-9-11(5-7-13(15)23)4-6-12-10-16(24)20-19-17(12)18(21-22-19)14-3-2-8-26-14/h2-9,12,23H,10H2,1H3,(H2,20,21,22,24)/b6-4+. The summed E-state index contributed by atoms with van der Waals surface area (Å²) in [5, 5.41) is 19.6. The minimum atomic E-state index is -0.155. The average molecular weight is 351 g/mol. The lowest BCUT2D eigenvalue weighted by molar-refractivity contribution is -0.116. The number of benzene rings is 1. The fourth-order valence-corrected chi connectivity index (χ4v) is 3.09. The highest BCUT2D eigenvalue weighted by molar-refractivity contribution is 5.95. The van der Waals surface area contributed by atoms with Gasteiger partial charge in [-0.25, -0.2) is 0 Å². The van der Waals surface area contributed by atoms with Crippen molar-refractivity contribution in [1.82, 2.24) is 10.2 Å². The van der Waals surface area contributed by atoms with Gasteiger partial charge in [0.15, 0.2) is 23.1 Å². The van der Waals surface area contributed by atoms with Crippen LogP contribution in [0.2, 0.25) is 0 Å². The highest BCUT2D eigenvalue weighted by Gasteiger charge is 2.30. The van der Waals surface area contributed by atoms with Crippen LogP contribution >= 0.6 is 0 Å². The molecule has 2 aromatic heterocycles. The molecule has 3 aromatic rings. The number of nitrogens with one attached hydrogen (secondary N) is 2. The predicted octanol–water partition coefficient (Wildman–Crippen LogP) is 3.52. The van der Waals surface area contributed by atoms with Gasteiger partial charge in [-0.3, -0.25) is 9.89 Å². The Hall–Kier alpha value is -3.48. The van der Waals surface area contributed by atoms with Gasteiger partial charge in [-0.1, -0.05) is 18.2 Å². The molecule has 4 rings (SSSR count). The van der Waals surface area contributed by atoms with Gasteiger partial charge < -0.3 is 19.6 Å². The molecule has 132 valence electrons. The van der Waals surface area contributed by atoms with Crippen LogP contribution in [-0.4, -0.2) is 28.3 Å². The van der Waals surface area contributed by atoms with E-state index in [0.717, 1.165) is 16.8 Å². The number of anilines is 1. The molecule has 7 nitrogen and oxygen atoms in total. The number of fused-ring (bicyclic) bond motifs is 1. The molecule has 0 saturated heterocycles. The number of carbonyl (C=O) groups is 1. The molecule has 0 radical (unpaired) electrons. The average Bonchev–Trinajstić information content (AvgIpc) is 3.29. The molecule has 0 spiro atoms. The Morgan fingerprint density at radius 3 is 3.04 bits per heavy atom. The lowest BCUT2D eigenvalue weighted by Crippen LogP contribution is -2.21. The number of carbonyl (C=O) groups excluding carboxylic acids is 1. The predicted molar refractivity (Wildman–Crippen MR) is 96.0 cm³/mol. The number of aromatic nitrogens is 2. The Labute approximate surface area is 149 Å². The molecule has 1 aliphatic heterocycles. The monoisotopic (exact) mass is 351 g/mol. The van der Waals surface area contributed by atoms with Crippen LogP contribution in [0.15, 0.2) is 47.1 Å². The topological polar surface area (TPSA) is 100 Å². The number of allylic oxidation sites excluding steroid dienone is 1. The SMILES string of the molecule is COc1cc(/C=C/C2CC(=O)Nc3n[nH]c(-c4ccco4)c32)ccc1O. The van der Waals surface area contributed by atoms with E-state index < -0.39 is 0 Å². The van der Waals surface area contributed by atoms with Crippen molar-refractivity contribution < 1.29 is 19.1 Å². The van der Waals surface area contributed by atoms with Crippen molar-refractivity contribution in [3.05, 3.63) is 53.8 Å². The summed E-state index contributed by atoms with van der Waals surface area (Å²) >= 11 is 0. The first kappa shape index (κ1) is 16.0. The van der Waals surface area contributed by atoms with E-state index in [1.165, 1.54) is 7.11 Å². The van der Waals surface area contributed by atoms with E-state index in [1.54, 1.807) is 30.5 Å². The van der Waals surface area contributed by atoms with Crippen molar-refractivity contribution in [3.63, 3.8) is 0 Å². The summed E-state index contributed by atoms with van der Waals surface area (Å²) < 4.78 is 10.6. The first-order valence-corrected chi connectivity index (χ1v) is 8.13. The summed E-state index contributed by atoms with van der Waals surface area (Å²) in [5.41, 5.74) is 2.50. The second-order valence-corrected chi connectivity index (χ2v) is 5.99. The molecule has 3 heterocycles. The highest BCUT2D eigenvalue weighted by atomic mass is 16.5. The molecule has 0 saturated carbocycles. The molecule has 1 atom stereocenters. The summed E-state index contributed by atoms with van der Waals surface area (Å²) in [4.78, 5) is 12.0. The van der Waals surface area contributed by atoms with Crippen molar-refractivity contribution in [1.29, 1.82) is 0 Å². The number of ether oxygens (including phenoxy) is 1. The number of hydrogen-bond acceptors (Lipinski definition) is 5. The van der Waals surface area contributed by atoms with Gasteiger partial charge in [0.05, 0.1) is 13.4 Å². The number of phenols is 1. The molecular weight excluding hydrogens is 334 g/mol. The van der Waals surface area contributed by atoms with Gasteiger partial charge >= 0.3 is 0 Å². The number of amides is 1. The first-order valence-electron chi connectivity index (χ1n) is 8.13. The Balaban J connectivity index is 1.70. The zero-order chi connectivity index (χ0) is 18.1. The van der Waals surface area contributed by atoms with Crippen LogP contribution in [-0.2, 0) is 4.79 Å². The number of nitrogens with zero attached hydrogens (tertiary/aromatic N) is 1. The van der Waals surface area contributed by atoms with Crippen LogP contribution < -0.4 is 10.1 Å². The van der Waals surface area contributed by atoms with Gasteiger partial charge in [0, 0.05) is 17.9 Å². The third-order valence-corrected chi connectivity index (χ3v) is 4.33. The molecule has 1 amide bonds. The molecule has 7 heteroatoms. The molecule has 3 N–H and O–H groups in total. The molecule has 0 aliphatic carbocycles. The minimum absolute atomic E-state index is 0.0823. The number of phenolic OH excluding ortho intramolecular Hbond substituents is 1. The number of furan rings is 1. The van der Waals surface area contributed by atoms with Crippen molar-refractivity contribution in [2.45, 2.75) is 12.3 Å². The van der Waals surface area contributed by atoms with Gasteiger partial charge in [-0.05, 0) is 29.8 Å². The second-order valence-electron chi connectivity index (χ2n) is 5.99. The zero-order valence-corrected chi connectivity index (χ0v) is 14.0. The summed E-state index contributed by atoms with van der Waals surface area (Å²) in [6.07, 6.45) is 5.75. The lowest BCUT2D eigenvalue weighted by atomic mass is 9.90. The summed E-state index contributed by atoms with van der Waals surface area (Å²) in [5.74, 6) is 1.42. The Morgan fingerprint density at radius 1 is 1.38 bits per heavy atom. The molecule has 1 aliphatic rings. The summed E-state index contributed by atoms with van der Waals surface area (Å²) in [6, 6.07) is 8.73. The van der Waals surface area contributed by atoms with Crippen LogP contribution in [0.25, 0.3) is 17.5 Å². The summed E-state index contributed by atoms with van der Waals surface area (Å²) in [6.45, 7) is 0. The number of aromatic hydroxyl groups is 1. The Kier molecular flexibility index (Phi) is 3.96. The van der Waals surface area contributed by atoms with Gasteiger partial charge in [0.25, 0.3) is 0 Å². The van der Waals surface area contributed by atoms with Crippen molar-refractivity contribution >= 4 is 17.8 Å². The van der Waals surface area contributed by atoms with Crippen molar-refractivity contribution in [3.8, 4) is 23.0 Å². The van der Waals surface area contributed by atoms with Crippen LogP contribution in [0, 0.1) is 0 Å². The van der Waals surface area contributed by atoms with E-state index in [9.17, 15) is 9.90 Å². The van der Waals surface area contributed by atoms with E-state index in [4.69, 9.17) is 9.15 Å². The van der Waals surface area contributed by atoms with Gasteiger partial charge in [-0.2, -0.15) is 5.10 Å². The minimum Gasteiger partial charge on any atom is -0.504 e. The van der Waals surface area contributed by atoms with Crippen LogP contribution in [0.4, 0.5) is 5.82 Å². The number of H-pyrrole nitrogens is 1. The third kappa shape index (κ3) is 2.83. The molecule has 0 bridgehead atoms. The maximum Gasteiger partial charge on any atom is 0.226 e. The fourth-order valence-electron chi connectivity index (χ4n) is 3.09. The summed E-state index contributed by atoms with van der Waals surface area (Å²) in [7, 11) is 1.50. The van der Waals surface area contributed by atoms with Crippen molar-refractivity contribution in [2.75, 3.05) is 12.4 Å². The van der Waals surface area contributed by atoms with Crippen molar-refractivity contribution in [2.24, 2.45) is 0 Å². The van der Waals surface area contributed by atoms with Gasteiger partial charge in [0.1, 0.15) is 5.69 Å². The number of aromatic amines is 1. The number of rotatable bonds is 4. The lowest BCUT2D eigenvalue weighted by Gasteiger charge is -2.19. The van der Waals surface area contributed by atoms with Crippen LogP contribution in [0.5, 0.6) is 11.5 Å². The second kappa shape index (κ2) is 6.44. The van der Waals surface area contributed by atoms with E-state index >= 15 is 0 Å². The number of hydrogen-bond donors (Lipinski definition) is 3. The largest absolute Gasteiger partial charge is 0.504 e. The fraction of sp³-hybridized carbons (Fsp3) is 0.158. The third-order valence-electron chi connectivity index (χ3n) is 4.33. The van der Waals surface area contributed by atoms with Gasteiger partial charge in [-0.15, -0.1) is 0 Å². The van der Waals surface area contributed by atoms with Gasteiger partial charge in [0.2, 0.25) is 5.91 Å². The maximum atomic E-state index is 12.0. The molecule has 0 fully saturated rings. The molecule has 1 aromatic carbocycles. The maximum absolute atomic E-state index is 12.0.